The quantitative estimate of drug-likeness (QED) is 0.0587. The van der Waals surface area contributed by atoms with Crippen molar-refractivity contribution in [3.8, 4) is 40.2 Å². The maximum Gasteiger partial charge on any atom is 0.309 e. The molecule has 0 spiro atoms. The van der Waals surface area contributed by atoms with Crippen LogP contribution in [0, 0.1) is 37.7 Å². The third kappa shape index (κ3) is 11.5. The first-order valence-electron chi connectivity index (χ1n) is 20.2. The maximum atomic E-state index is 12.5. The standard InChI is InChI=1S/C50H44Cl2N4O8/c1-29-37(27-63-48-18-46(61-26-35-15-39(54-5)24-56-23-35)36(16-44(48)51)12-13-42(31(3)57)50(59)60)8-6-10-40(29)41-11-7-9-38(30(41)2)28-64-49-19-47(43(32(4)58)17-45(49)52)62-25-34-14-33(20-53)21-55-22-34/h6-11,14-19,21-24,31,42,57H,12-13,25-28H2,1-4H3,(H,59,60)/t31-,42+/m0/s1. The van der Waals surface area contributed by atoms with Crippen molar-refractivity contribution in [2.75, 3.05) is 0 Å². The summed E-state index contributed by atoms with van der Waals surface area (Å²) in [5.74, 6) is -0.923. The van der Waals surface area contributed by atoms with Crippen molar-refractivity contribution in [1.82, 2.24) is 9.97 Å². The van der Waals surface area contributed by atoms with Crippen LogP contribution < -0.4 is 18.9 Å². The van der Waals surface area contributed by atoms with Crippen molar-refractivity contribution >= 4 is 40.6 Å². The smallest absolute Gasteiger partial charge is 0.309 e. The molecule has 0 fully saturated rings. The Morgan fingerprint density at radius 2 is 1.30 bits per heavy atom. The normalized spacial score (nSPS) is 11.8. The third-order valence-corrected chi connectivity index (χ3v) is 11.3. The number of hydrogen-bond donors (Lipinski definition) is 2. The Morgan fingerprint density at radius 1 is 0.750 bits per heavy atom. The molecule has 2 heterocycles. The first kappa shape index (κ1) is 46.5. The molecule has 0 saturated carbocycles. The van der Waals surface area contributed by atoms with Gasteiger partial charge in [-0.25, -0.2) is 4.85 Å². The second kappa shape index (κ2) is 21.4. The van der Waals surface area contributed by atoms with Crippen LogP contribution in [0.15, 0.2) is 97.6 Å². The summed E-state index contributed by atoms with van der Waals surface area (Å²) in [6.45, 7) is 14.7. The van der Waals surface area contributed by atoms with Gasteiger partial charge in [0, 0.05) is 42.5 Å². The van der Waals surface area contributed by atoms with Crippen molar-refractivity contribution in [3.63, 3.8) is 0 Å². The van der Waals surface area contributed by atoms with Crippen LogP contribution in [0.3, 0.4) is 0 Å². The molecule has 14 heteroatoms. The van der Waals surface area contributed by atoms with E-state index in [1.165, 1.54) is 32.3 Å². The number of carboxylic acids is 1. The topological polar surface area (TPSA) is 165 Å². The number of benzene rings is 4. The highest BCUT2D eigenvalue weighted by atomic mass is 35.5. The first-order chi connectivity index (χ1) is 30.8. The number of aliphatic hydroxyl groups excluding tert-OH is 1. The van der Waals surface area contributed by atoms with Gasteiger partial charge in [-0.15, -0.1) is 0 Å². The van der Waals surface area contributed by atoms with Crippen molar-refractivity contribution in [3.05, 3.63) is 169 Å². The molecule has 0 saturated heterocycles. The Labute approximate surface area is 381 Å². The molecule has 2 atom stereocenters. The average Bonchev–Trinajstić information content (AvgIpc) is 3.28. The number of aromatic nitrogens is 2. The van der Waals surface area contributed by atoms with E-state index >= 15 is 0 Å². The van der Waals surface area contributed by atoms with Gasteiger partial charge in [0.2, 0.25) is 5.69 Å². The predicted molar refractivity (Wildman–Crippen MR) is 242 cm³/mol. The summed E-state index contributed by atoms with van der Waals surface area (Å²) < 4.78 is 24.8. The van der Waals surface area contributed by atoms with Crippen molar-refractivity contribution < 1.29 is 38.7 Å². The highest BCUT2D eigenvalue weighted by molar-refractivity contribution is 6.32. The average molecular weight is 900 g/mol. The van der Waals surface area contributed by atoms with Crippen LogP contribution >= 0.6 is 23.2 Å². The largest absolute Gasteiger partial charge is 0.488 e. The summed E-state index contributed by atoms with van der Waals surface area (Å²) in [4.78, 5) is 36.0. The van der Waals surface area contributed by atoms with E-state index in [1.807, 2.05) is 50.2 Å². The summed E-state index contributed by atoms with van der Waals surface area (Å²) in [5, 5.41) is 29.6. The van der Waals surface area contributed by atoms with Gasteiger partial charge in [-0.05, 0) is 109 Å². The number of pyridine rings is 2. The number of carboxylic acid groups (broad SMARTS) is 1. The molecular formula is C50H44Cl2N4O8. The van der Waals surface area contributed by atoms with E-state index in [0.29, 0.717) is 55.8 Å². The molecule has 0 radical (unpaired) electrons. The van der Waals surface area contributed by atoms with Gasteiger partial charge in [-0.1, -0.05) is 59.6 Å². The molecule has 0 bridgehead atoms. The van der Waals surface area contributed by atoms with Crippen molar-refractivity contribution in [1.29, 1.82) is 5.26 Å². The minimum atomic E-state index is -1.10. The highest BCUT2D eigenvalue weighted by Gasteiger charge is 2.24. The fraction of sp³-hybridized carbons (Fsp3) is 0.240. The minimum Gasteiger partial charge on any atom is -0.488 e. The van der Waals surface area contributed by atoms with Gasteiger partial charge in [-0.2, -0.15) is 5.26 Å². The van der Waals surface area contributed by atoms with E-state index in [2.05, 4.69) is 20.9 Å². The second-order valence-electron chi connectivity index (χ2n) is 15.1. The lowest BCUT2D eigenvalue weighted by Crippen LogP contribution is -2.26. The van der Waals surface area contributed by atoms with Gasteiger partial charge in [0.25, 0.3) is 0 Å². The molecule has 0 aliphatic carbocycles. The number of Topliss-reactive ketones (excluding diaryl/α,β-unsaturated/α-hetero) is 1. The number of aryl methyl sites for hydroxylation is 1. The highest BCUT2D eigenvalue weighted by Crippen LogP contribution is 2.38. The molecule has 6 rings (SSSR count). The van der Waals surface area contributed by atoms with E-state index in [-0.39, 0.29) is 55.8 Å². The van der Waals surface area contributed by atoms with Gasteiger partial charge < -0.3 is 29.2 Å². The Bertz CT molecular complexity index is 2780. The Hall–Kier alpha value is -6.96. The van der Waals surface area contributed by atoms with Crippen molar-refractivity contribution in [2.24, 2.45) is 5.92 Å². The number of hydrogen-bond acceptors (Lipinski definition) is 10. The van der Waals surface area contributed by atoms with Gasteiger partial charge >= 0.3 is 5.97 Å². The fourth-order valence-electron chi connectivity index (χ4n) is 7.08. The summed E-state index contributed by atoms with van der Waals surface area (Å²) in [6.07, 6.45) is 5.46. The molecule has 12 nitrogen and oxygen atoms in total. The lowest BCUT2D eigenvalue weighted by molar-refractivity contribution is -0.145. The Morgan fingerprint density at radius 3 is 1.86 bits per heavy atom. The summed E-state index contributed by atoms with van der Waals surface area (Å²) in [6, 6.07) is 23.8. The zero-order valence-electron chi connectivity index (χ0n) is 35.5. The minimum absolute atomic E-state index is 0.0740. The molecule has 6 aromatic rings. The van der Waals surface area contributed by atoms with E-state index in [4.69, 9.17) is 48.7 Å². The number of nitrogens with zero attached hydrogens (tertiary/aromatic N) is 4. The number of nitriles is 1. The summed E-state index contributed by atoms with van der Waals surface area (Å²) in [7, 11) is 0. The molecule has 326 valence electrons. The number of halogens is 2. The fourth-order valence-corrected chi connectivity index (χ4v) is 7.54. The number of aliphatic carboxylic acids is 1. The maximum absolute atomic E-state index is 12.5. The van der Waals surface area contributed by atoms with Crippen molar-refractivity contribution in [2.45, 2.75) is 73.1 Å². The SMILES string of the molecule is [C-]#[N+]c1cncc(COc2cc(OCc3cccc(-c4cccc(COc5cc(OCc6cncc(C#N)c6)c(C(C)=O)cc5Cl)c4C)c3C)c(Cl)cc2CC[C@@H](C(=O)O)[C@H](C)O)c1. The van der Waals surface area contributed by atoms with Crippen LogP contribution in [0.1, 0.15) is 75.1 Å². The van der Waals surface area contributed by atoms with Gasteiger partial charge in [0.15, 0.2) is 5.78 Å². The lowest BCUT2D eigenvalue weighted by Gasteiger charge is -2.19. The van der Waals surface area contributed by atoms with Crippen LogP contribution in [0.5, 0.6) is 23.0 Å². The molecule has 0 amide bonds. The molecule has 2 N–H and O–H groups in total. The molecular weight excluding hydrogens is 855 g/mol. The van der Waals surface area contributed by atoms with Crippen LogP contribution in [-0.4, -0.2) is 38.0 Å². The zero-order chi connectivity index (χ0) is 45.9. The molecule has 0 aliphatic rings. The van der Waals surface area contributed by atoms with Crippen LogP contribution in [0.25, 0.3) is 16.0 Å². The first-order valence-corrected chi connectivity index (χ1v) is 20.9. The predicted octanol–water partition coefficient (Wildman–Crippen LogP) is 11.0. The van der Waals surface area contributed by atoms with Gasteiger partial charge in [0.05, 0.1) is 39.8 Å². The van der Waals surface area contributed by atoms with E-state index < -0.39 is 18.0 Å². The Balaban J connectivity index is 1.20. The zero-order valence-corrected chi connectivity index (χ0v) is 37.0. The number of ketones is 1. The number of carbonyl (C=O) groups excluding carboxylic acids is 1. The number of carbonyl (C=O) groups is 2. The van der Waals surface area contributed by atoms with Gasteiger partial charge in [-0.3, -0.25) is 19.6 Å². The number of ether oxygens (including phenoxy) is 4. The van der Waals surface area contributed by atoms with E-state index in [9.17, 15) is 25.1 Å². The molecule has 0 unspecified atom stereocenters. The molecule has 0 aliphatic heterocycles. The van der Waals surface area contributed by atoms with Gasteiger partial charge in [0.1, 0.15) is 55.5 Å². The van der Waals surface area contributed by atoms with E-state index in [1.54, 1.807) is 42.7 Å². The van der Waals surface area contributed by atoms with E-state index in [0.717, 1.165) is 33.4 Å². The molecule has 64 heavy (non-hydrogen) atoms. The number of rotatable bonds is 19. The monoisotopic (exact) mass is 898 g/mol. The van der Waals surface area contributed by atoms with Crippen LogP contribution in [0.4, 0.5) is 5.69 Å². The second-order valence-corrected chi connectivity index (χ2v) is 16.0. The number of aliphatic hydroxyl groups is 1. The molecule has 2 aromatic heterocycles. The summed E-state index contributed by atoms with van der Waals surface area (Å²) in [5.41, 5.74) is 8.79. The Kier molecular flexibility index (Phi) is 15.6. The lowest BCUT2D eigenvalue weighted by atomic mass is 9.92. The summed E-state index contributed by atoms with van der Waals surface area (Å²) >= 11 is 13.4. The third-order valence-electron chi connectivity index (χ3n) is 10.7. The van der Waals surface area contributed by atoms with Crippen LogP contribution in [0.2, 0.25) is 10.0 Å². The molecule has 4 aromatic carbocycles. The van der Waals surface area contributed by atoms with Crippen LogP contribution in [-0.2, 0) is 37.6 Å².